The van der Waals surface area contributed by atoms with Crippen LogP contribution in [0.2, 0.25) is 0 Å². The van der Waals surface area contributed by atoms with Crippen molar-refractivity contribution in [3.05, 3.63) is 47.7 Å². The minimum atomic E-state index is -0.687. The van der Waals surface area contributed by atoms with Crippen LogP contribution in [0.3, 0.4) is 0 Å². The Labute approximate surface area is 130 Å². The number of aliphatic hydroxyl groups is 1. The molecule has 1 unspecified atom stereocenters. The zero-order valence-corrected chi connectivity index (χ0v) is 12.9. The van der Waals surface area contributed by atoms with Crippen molar-refractivity contribution in [2.75, 3.05) is 19.6 Å². The molecule has 2 bridgehead atoms. The third-order valence-corrected chi connectivity index (χ3v) is 5.21. The molecule has 4 heterocycles. The second kappa shape index (κ2) is 5.14. The standard InChI is InChI=1S/C18H21N3O/c1-13-2-7-17(20-19-13)14-3-5-15(6-4-14)18(22)12-21-10-8-16(18)9-11-21/h2-7,16,22H,8-12H2,1H3. The lowest BCUT2D eigenvalue weighted by atomic mass is 9.71. The summed E-state index contributed by atoms with van der Waals surface area (Å²) >= 11 is 0. The SMILES string of the molecule is Cc1ccc(-c2ccc(C3(O)CN4CCC3CC4)cc2)nn1. The van der Waals surface area contributed by atoms with E-state index < -0.39 is 5.60 Å². The van der Waals surface area contributed by atoms with E-state index in [-0.39, 0.29) is 0 Å². The molecule has 3 fully saturated rings. The summed E-state index contributed by atoms with van der Waals surface area (Å²) in [5.41, 5.74) is 3.18. The first-order valence-electron chi connectivity index (χ1n) is 8.01. The van der Waals surface area contributed by atoms with Gasteiger partial charge >= 0.3 is 0 Å². The molecule has 4 nitrogen and oxygen atoms in total. The van der Waals surface area contributed by atoms with Crippen molar-refractivity contribution >= 4 is 0 Å². The van der Waals surface area contributed by atoms with Gasteiger partial charge in [0, 0.05) is 12.1 Å². The summed E-state index contributed by atoms with van der Waals surface area (Å²) in [6.45, 7) is 4.96. The van der Waals surface area contributed by atoms with Crippen molar-refractivity contribution in [3.8, 4) is 11.3 Å². The normalized spacial score (nSPS) is 30.5. The highest BCUT2D eigenvalue weighted by molar-refractivity contribution is 5.59. The average molecular weight is 295 g/mol. The molecular formula is C18H21N3O. The molecule has 1 aromatic carbocycles. The van der Waals surface area contributed by atoms with Crippen LogP contribution < -0.4 is 0 Å². The van der Waals surface area contributed by atoms with Gasteiger partial charge in [-0.05, 0) is 56.5 Å². The zero-order chi connectivity index (χ0) is 15.2. The van der Waals surface area contributed by atoms with Gasteiger partial charge in [0.15, 0.2) is 0 Å². The van der Waals surface area contributed by atoms with E-state index in [1.165, 1.54) is 0 Å². The van der Waals surface area contributed by atoms with Gasteiger partial charge in [-0.2, -0.15) is 10.2 Å². The van der Waals surface area contributed by atoms with E-state index >= 15 is 0 Å². The van der Waals surface area contributed by atoms with E-state index in [0.29, 0.717) is 5.92 Å². The smallest absolute Gasteiger partial charge is 0.105 e. The topological polar surface area (TPSA) is 49.2 Å². The molecule has 1 aromatic heterocycles. The number of piperidine rings is 3. The molecule has 4 heteroatoms. The van der Waals surface area contributed by atoms with Crippen LogP contribution in [0.25, 0.3) is 11.3 Å². The zero-order valence-electron chi connectivity index (χ0n) is 12.9. The van der Waals surface area contributed by atoms with Crippen molar-refractivity contribution in [2.45, 2.75) is 25.4 Å². The molecule has 5 rings (SSSR count). The van der Waals surface area contributed by atoms with Gasteiger partial charge in [-0.15, -0.1) is 0 Å². The van der Waals surface area contributed by atoms with Crippen LogP contribution in [-0.2, 0) is 5.60 Å². The van der Waals surface area contributed by atoms with E-state index in [9.17, 15) is 5.11 Å². The van der Waals surface area contributed by atoms with Crippen LogP contribution in [0.4, 0.5) is 0 Å². The first-order chi connectivity index (χ1) is 10.6. The molecule has 114 valence electrons. The molecule has 0 radical (unpaired) electrons. The summed E-state index contributed by atoms with van der Waals surface area (Å²) in [6.07, 6.45) is 2.20. The lowest BCUT2D eigenvalue weighted by molar-refractivity contribution is -0.117. The van der Waals surface area contributed by atoms with Crippen LogP contribution in [0.5, 0.6) is 0 Å². The Morgan fingerprint density at radius 3 is 2.32 bits per heavy atom. The molecule has 0 aliphatic carbocycles. The molecule has 0 spiro atoms. The van der Waals surface area contributed by atoms with Crippen LogP contribution in [-0.4, -0.2) is 39.8 Å². The van der Waals surface area contributed by atoms with E-state index in [2.05, 4.69) is 27.2 Å². The van der Waals surface area contributed by atoms with Gasteiger partial charge in [0.1, 0.15) is 5.60 Å². The fourth-order valence-electron chi connectivity index (χ4n) is 3.85. The Balaban J connectivity index is 1.63. The van der Waals surface area contributed by atoms with Crippen LogP contribution in [0.1, 0.15) is 24.1 Å². The third-order valence-electron chi connectivity index (χ3n) is 5.21. The van der Waals surface area contributed by atoms with Crippen LogP contribution in [0.15, 0.2) is 36.4 Å². The largest absolute Gasteiger partial charge is 0.384 e. The van der Waals surface area contributed by atoms with E-state index in [4.69, 9.17) is 0 Å². The molecular weight excluding hydrogens is 274 g/mol. The minimum Gasteiger partial charge on any atom is -0.384 e. The molecule has 3 aliphatic rings. The van der Waals surface area contributed by atoms with Crippen LogP contribution >= 0.6 is 0 Å². The Morgan fingerprint density at radius 1 is 1.05 bits per heavy atom. The summed E-state index contributed by atoms with van der Waals surface area (Å²) in [6, 6.07) is 12.2. The lowest BCUT2D eigenvalue weighted by Crippen LogP contribution is -2.57. The lowest BCUT2D eigenvalue weighted by Gasteiger charge is -2.50. The maximum Gasteiger partial charge on any atom is 0.105 e. The first kappa shape index (κ1) is 13.9. The molecule has 1 N–H and O–H groups in total. The number of aryl methyl sites for hydroxylation is 1. The average Bonchev–Trinajstić information content (AvgIpc) is 2.57. The number of hydrogen-bond acceptors (Lipinski definition) is 4. The van der Waals surface area contributed by atoms with E-state index in [1.807, 2.05) is 31.2 Å². The van der Waals surface area contributed by atoms with Crippen molar-refractivity contribution in [2.24, 2.45) is 5.92 Å². The number of nitrogens with zero attached hydrogens (tertiary/aromatic N) is 3. The first-order valence-corrected chi connectivity index (χ1v) is 8.01. The van der Waals surface area contributed by atoms with Crippen molar-refractivity contribution < 1.29 is 5.11 Å². The molecule has 22 heavy (non-hydrogen) atoms. The van der Waals surface area contributed by atoms with Gasteiger partial charge in [0.2, 0.25) is 0 Å². The summed E-state index contributed by atoms with van der Waals surface area (Å²) in [5, 5.41) is 19.5. The summed E-state index contributed by atoms with van der Waals surface area (Å²) < 4.78 is 0. The third kappa shape index (κ3) is 2.23. The number of fused-ring (bicyclic) bond motifs is 3. The van der Waals surface area contributed by atoms with Gasteiger partial charge in [-0.25, -0.2) is 0 Å². The van der Waals surface area contributed by atoms with Crippen LogP contribution in [0, 0.1) is 12.8 Å². The summed E-state index contributed by atoms with van der Waals surface area (Å²) in [4.78, 5) is 2.37. The fraction of sp³-hybridized carbons (Fsp3) is 0.444. The second-order valence-corrected chi connectivity index (χ2v) is 6.61. The highest BCUT2D eigenvalue weighted by Crippen LogP contribution is 2.42. The monoisotopic (exact) mass is 295 g/mol. The molecule has 0 saturated carbocycles. The van der Waals surface area contributed by atoms with Crippen molar-refractivity contribution in [3.63, 3.8) is 0 Å². The maximum atomic E-state index is 11.2. The predicted molar refractivity (Wildman–Crippen MR) is 85.3 cm³/mol. The Morgan fingerprint density at radius 2 is 1.77 bits per heavy atom. The van der Waals surface area contributed by atoms with Crippen molar-refractivity contribution in [1.29, 1.82) is 0 Å². The summed E-state index contributed by atoms with van der Waals surface area (Å²) in [7, 11) is 0. The van der Waals surface area contributed by atoms with Gasteiger partial charge in [0.05, 0.1) is 11.4 Å². The van der Waals surface area contributed by atoms with Gasteiger partial charge in [-0.3, -0.25) is 0 Å². The number of rotatable bonds is 2. The molecule has 3 aliphatic heterocycles. The summed E-state index contributed by atoms with van der Waals surface area (Å²) in [5.74, 6) is 0.391. The fourth-order valence-corrected chi connectivity index (χ4v) is 3.85. The Kier molecular flexibility index (Phi) is 3.24. The maximum absolute atomic E-state index is 11.2. The van der Waals surface area contributed by atoms with E-state index in [0.717, 1.165) is 55.0 Å². The van der Waals surface area contributed by atoms with Crippen molar-refractivity contribution in [1.82, 2.24) is 15.1 Å². The molecule has 1 atom stereocenters. The molecule has 0 amide bonds. The molecule has 2 aromatic rings. The quantitative estimate of drug-likeness (QED) is 0.924. The number of aromatic nitrogens is 2. The van der Waals surface area contributed by atoms with E-state index in [1.54, 1.807) is 0 Å². The Bertz CT molecular complexity index is 660. The van der Waals surface area contributed by atoms with Gasteiger partial charge in [0.25, 0.3) is 0 Å². The highest BCUT2D eigenvalue weighted by Gasteiger charge is 2.46. The van der Waals surface area contributed by atoms with Gasteiger partial charge < -0.3 is 10.0 Å². The number of benzene rings is 1. The second-order valence-electron chi connectivity index (χ2n) is 6.61. The Hall–Kier alpha value is -1.78. The minimum absolute atomic E-state index is 0.391. The predicted octanol–water partition coefficient (Wildman–Crippen LogP) is 2.37. The highest BCUT2D eigenvalue weighted by atomic mass is 16.3. The molecule has 3 saturated heterocycles. The number of hydrogen-bond donors (Lipinski definition) is 1. The van der Waals surface area contributed by atoms with Gasteiger partial charge in [-0.1, -0.05) is 24.3 Å².